The summed E-state index contributed by atoms with van der Waals surface area (Å²) in [6.07, 6.45) is 1.12. The molecule has 6 nitrogen and oxygen atoms in total. The number of aromatic nitrogens is 2. The van der Waals surface area contributed by atoms with Gasteiger partial charge in [-0.05, 0) is 44.5 Å². The van der Waals surface area contributed by atoms with E-state index in [0.717, 1.165) is 39.1 Å². The molecule has 1 aromatic carbocycles. The van der Waals surface area contributed by atoms with E-state index >= 15 is 0 Å². The minimum atomic E-state index is 0.154. The maximum absolute atomic E-state index is 8.88. The summed E-state index contributed by atoms with van der Waals surface area (Å²) in [7, 11) is 0. The first-order chi connectivity index (χ1) is 11.7. The van der Waals surface area contributed by atoms with Crippen LogP contribution in [0, 0.1) is 18.3 Å². The van der Waals surface area contributed by atoms with E-state index in [4.69, 9.17) is 9.78 Å². The molecule has 1 aliphatic rings. The van der Waals surface area contributed by atoms with Crippen molar-refractivity contribution >= 4 is 0 Å². The number of hydrogen-bond acceptors (Lipinski definition) is 6. The van der Waals surface area contributed by atoms with E-state index < -0.39 is 0 Å². The van der Waals surface area contributed by atoms with Gasteiger partial charge < -0.3 is 4.52 Å². The van der Waals surface area contributed by atoms with Crippen molar-refractivity contribution < 1.29 is 4.52 Å². The molecule has 6 heteroatoms. The lowest BCUT2D eigenvalue weighted by molar-refractivity contribution is 0.174. The summed E-state index contributed by atoms with van der Waals surface area (Å²) in [5.41, 5.74) is 1.97. The Hall–Kier alpha value is -2.23. The molecule has 0 spiro atoms. The highest BCUT2D eigenvalue weighted by molar-refractivity contribution is 5.31. The molecule has 0 unspecified atom stereocenters. The zero-order valence-corrected chi connectivity index (χ0v) is 14.3. The second-order valence-corrected chi connectivity index (χ2v) is 6.33. The molecule has 2 heterocycles. The molecule has 2 aromatic rings. The van der Waals surface area contributed by atoms with Crippen molar-refractivity contribution in [2.24, 2.45) is 0 Å². The Labute approximate surface area is 142 Å². The quantitative estimate of drug-likeness (QED) is 0.860. The van der Waals surface area contributed by atoms with Crippen molar-refractivity contribution in [3.8, 4) is 6.07 Å². The van der Waals surface area contributed by atoms with Crippen LogP contribution in [-0.4, -0.2) is 46.1 Å². The number of nitrogens with zero attached hydrogens (tertiary/aromatic N) is 5. The molecule has 24 heavy (non-hydrogen) atoms. The van der Waals surface area contributed by atoms with Crippen molar-refractivity contribution in [3.05, 3.63) is 47.1 Å². The number of aryl methyl sites for hydroxylation is 1. The summed E-state index contributed by atoms with van der Waals surface area (Å²) in [4.78, 5) is 9.23. The molecule has 3 rings (SSSR count). The highest BCUT2D eigenvalue weighted by Crippen LogP contribution is 2.20. The van der Waals surface area contributed by atoms with Crippen LogP contribution in [0.1, 0.15) is 42.2 Å². The molecular formula is C18H23N5O. The second-order valence-electron chi connectivity index (χ2n) is 6.33. The first-order valence-corrected chi connectivity index (χ1v) is 8.41. The van der Waals surface area contributed by atoms with Crippen LogP contribution in [0.5, 0.6) is 0 Å². The van der Waals surface area contributed by atoms with Gasteiger partial charge in [-0.15, -0.1) is 0 Å². The third-order valence-electron chi connectivity index (χ3n) is 4.56. The van der Waals surface area contributed by atoms with Gasteiger partial charge in [-0.1, -0.05) is 17.3 Å². The predicted molar refractivity (Wildman–Crippen MR) is 90.1 cm³/mol. The van der Waals surface area contributed by atoms with Crippen molar-refractivity contribution in [1.29, 1.82) is 5.26 Å². The van der Waals surface area contributed by atoms with Crippen LogP contribution >= 0.6 is 0 Å². The highest BCUT2D eigenvalue weighted by atomic mass is 16.5. The fraction of sp³-hybridized carbons (Fsp3) is 0.500. The SMILES string of the molecule is Cc1noc([C@@H](C)N2CCCN(Cc3ccc(C#N)cc3)CC2)n1. The van der Waals surface area contributed by atoms with E-state index in [1.165, 1.54) is 5.56 Å². The van der Waals surface area contributed by atoms with Crippen LogP contribution < -0.4 is 0 Å². The molecule has 0 aliphatic carbocycles. The maximum atomic E-state index is 8.88. The van der Waals surface area contributed by atoms with Gasteiger partial charge in [0, 0.05) is 26.2 Å². The topological polar surface area (TPSA) is 69.2 Å². The zero-order chi connectivity index (χ0) is 16.9. The van der Waals surface area contributed by atoms with Gasteiger partial charge in [0.1, 0.15) is 0 Å². The molecule has 1 aliphatic heterocycles. The van der Waals surface area contributed by atoms with Crippen LogP contribution in [0.25, 0.3) is 0 Å². The molecule has 0 bridgehead atoms. The van der Waals surface area contributed by atoms with Crippen LogP contribution in [0.2, 0.25) is 0 Å². The van der Waals surface area contributed by atoms with Gasteiger partial charge in [-0.3, -0.25) is 9.80 Å². The van der Waals surface area contributed by atoms with E-state index in [1.54, 1.807) is 0 Å². The van der Waals surface area contributed by atoms with E-state index in [9.17, 15) is 0 Å². The summed E-state index contributed by atoms with van der Waals surface area (Å²) in [5, 5.41) is 12.8. The van der Waals surface area contributed by atoms with Crippen LogP contribution in [0.15, 0.2) is 28.8 Å². The second kappa shape index (κ2) is 7.56. The van der Waals surface area contributed by atoms with Crippen LogP contribution in [0.3, 0.4) is 0 Å². The fourth-order valence-electron chi connectivity index (χ4n) is 3.12. The monoisotopic (exact) mass is 325 g/mol. The van der Waals surface area contributed by atoms with Crippen LogP contribution in [-0.2, 0) is 6.54 Å². The van der Waals surface area contributed by atoms with Gasteiger partial charge in [-0.25, -0.2) is 0 Å². The van der Waals surface area contributed by atoms with Gasteiger partial charge in [0.2, 0.25) is 5.89 Å². The molecule has 0 saturated carbocycles. The molecule has 1 aromatic heterocycles. The summed E-state index contributed by atoms with van der Waals surface area (Å²) < 4.78 is 5.32. The average Bonchev–Trinajstić information content (AvgIpc) is 2.90. The Bertz CT molecular complexity index is 703. The van der Waals surface area contributed by atoms with Crippen molar-refractivity contribution in [1.82, 2.24) is 19.9 Å². The first-order valence-electron chi connectivity index (χ1n) is 8.41. The Kier molecular flexibility index (Phi) is 5.24. The number of rotatable bonds is 4. The zero-order valence-electron chi connectivity index (χ0n) is 14.3. The maximum Gasteiger partial charge on any atom is 0.243 e. The Morgan fingerprint density at radius 1 is 1.21 bits per heavy atom. The summed E-state index contributed by atoms with van der Waals surface area (Å²) >= 11 is 0. The van der Waals surface area contributed by atoms with Gasteiger partial charge >= 0.3 is 0 Å². The minimum absolute atomic E-state index is 0.154. The molecule has 1 saturated heterocycles. The van der Waals surface area contributed by atoms with Gasteiger partial charge in [-0.2, -0.15) is 10.2 Å². The molecule has 126 valence electrons. The lowest BCUT2D eigenvalue weighted by Gasteiger charge is -2.25. The van der Waals surface area contributed by atoms with E-state index in [-0.39, 0.29) is 6.04 Å². The smallest absolute Gasteiger partial charge is 0.243 e. The molecule has 0 amide bonds. The summed E-state index contributed by atoms with van der Waals surface area (Å²) in [5.74, 6) is 1.39. The fourth-order valence-corrected chi connectivity index (χ4v) is 3.12. The Morgan fingerprint density at radius 2 is 2.00 bits per heavy atom. The lowest BCUT2D eigenvalue weighted by Crippen LogP contribution is -2.32. The molecule has 0 radical (unpaired) electrons. The largest absolute Gasteiger partial charge is 0.338 e. The molecule has 0 N–H and O–H groups in total. The highest BCUT2D eigenvalue weighted by Gasteiger charge is 2.23. The van der Waals surface area contributed by atoms with E-state index in [0.29, 0.717) is 17.3 Å². The average molecular weight is 325 g/mol. The van der Waals surface area contributed by atoms with Gasteiger partial charge in [0.25, 0.3) is 0 Å². The third kappa shape index (κ3) is 3.99. The Morgan fingerprint density at radius 3 is 2.67 bits per heavy atom. The van der Waals surface area contributed by atoms with E-state index in [1.807, 2.05) is 31.2 Å². The lowest BCUT2D eigenvalue weighted by atomic mass is 10.1. The summed E-state index contributed by atoms with van der Waals surface area (Å²) in [6.45, 7) is 9.01. The first kappa shape index (κ1) is 16.6. The van der Waals surface area contributed by atoms with Crippen molar-refractivity contribution in [2.45, 2.75) is 32.9 Å². The van der Waals surface area contributed by atoms with E-state index in [2.05, 4.69) is 32.9 Å². The minimum Gasteiger partial charge on any atom is -0.338 e. The summed E-state index contributed by atoms with van der Waals surface area (Å²) in [6, 6.07) is 10.2. The molecule has 1 fully saturated rings. The molecule has 1 atom stereocenters. The third-order valence-corrected chi connectivity index (χ3v) is 4.56. The van der Waals surface area contributed by atoms with Gasteiger partial charge in [0.05, 0.1) is 17.7 Å². The standard InChI is InChI=1S/C18H23N5O/c1-14(18-20-15(2)21-24-18)23-9-3-8-22(10-11-23)13-17-6-4-16(12-19)5-7-17/h4-7,14H,3,8-11,13H2,1-2H3/t14-/m1/s1. The van der Waals surface area contributed by atoms with Crippen molar-refractivity contribution in [2.75, 3.05) is 26.2 Å². The normalized spacial score (nSPS) is 18.0. The van der Waals surface area contributed by atoms with Gasteiger partial charge in [0.15, 0.2) is 5.82 Å². The number of benzene rings is 1. The molecular weight excluding hydrogens is 302 g/mol. The number of hydrogen-bond donors (Lipinski definition) is 0. The number of nitriles is 1. The van der Waals surface area contributed by atoms with Crippen molar-refractivity contribution in [3.63, 3.8) is 0 Å². The van der Waals surface area contributed by atoms with Crippen LogP contribution in [0.4, 0.5) is 0 Å². The predicted octanol–water partition coefficient (Wildman–Crippen LogP) is 2.52. The Balaban J connectivity index is 1.57.